The highest BCUT2D eigenvalue weighted by Gasteiger charge is 2.07. The van der Waals surface area contributed by atoms with E-state index < -0.39 is 5.91 Å². The van der Waals surface area contributed by atoms with Crippen LogP contribution in [0.5, 0.6) is 0 Å². The average Bonchev–Trinajstić information content (AvgIpc) is 2.28. The van der Waals surface area contributed by atoms with Gasteiger partial charge in [0.2, 0.25) is 0 Å². The summed E-state index contributed by atoms with van der Waals surface area (Å²) >= 11 is 0. The van der Waals surface area contributed by atoms with Gasteiger partial charge in [-0.15, -0.1) is 0 Å². The summed E-state index contributed by atoms with van der Waals surface area (Å²) in [6, 6.07) is 6.36. The third-order valence-corrected chi connectivity index (χ3v) is 2.09. The molecular weight excluding hydrogens is 204 g/mol. The fraction of sp³-hybridized carbons (Fsp3) is 0.250. The topological polar surface area (TPSA) is 72.5 Å². The van der Waals surface area contributed by atoms with Crippen LogP contribution < -0.4 is 5.73 Å². The summed E-state index contributed by atoms with van der Waals surface area (Å²) in [7, 11) is 0. The number of rotatable bonds is 3. The summed E-state index contributed by atoms with van der Waals surface area (Å²) in [6.45, 7) is 3.71. The summed E-state index contributed by atoms with van der Waals surface area (Å²) in [5.41, 5.74) is 6.40. The second-order valence-electron chi connectivity index (χ2n) is 3.74. The van der Waals surface area contributed by atoms with Gasteiger partial charge in [0.15, 0.2) is 0 Å². The molecule has 0 bridgehead atoms. The minimum Gasteiger partial charge on any atom is -0.387 e. The first-order valence-electron chi connectivity index (χ1n) is 4.98. The maximum Gasteiger partial charge on any atom is 0.278 e. The quantitative estimate of drug-likeness (QED) is 0.476. The third kappa shape index (κ3) is 3.02. The van der Waals surface area contributed by atoms with Crippen molar-refractivity contribution in [1.82, 2.24) is 0 Å². The van der Waals surface area contributed by atoms with Crippen molar-refractivity contribution in [3.8, 4) is 0 Å². The number of nitrogens with two attached hydrogens (primary N) is 1. The molecule has 0 saturated heterocycles. The number of amides is 1. The van der Waals surface area contributed by atoms with E-state index in [1.54, 1.807) is 18.2 Å². The minimum atomic E-state index is -0.421. The molecule has 1 aromatic rings. The van der Waals surface area contributed by atoms with Crippen LogP contribution in [0.25, 0.3) is 0 Å². The molecule has 0 spiro atoms. The van der Waals surface area contributed by atoms with Gasteiger partial charge in [-0.05, 0) is 12.1 Å². The molecule has 1 rings (SSSR count). The maximum absolute atomic E-state index is 11.6. The normalized spacial score (nSPS) is 11.6. The second kappa shape index (κ2) is 5.21. The van der Waals surface area contributed by atoms with E-state index >= 15 is 0 Å². The van der Waals surface area contributed by atoms with Crippen molar-refractivity contribution in [3.05, 3.63) is 35.4 Å². The molecule has 0 aliphatic carbocycles. The van der Waals surface area contributed by atoms with Crippen LogP contribution in [0.3, 0.4) is 0 Å². The Morgan fingerprint density at radius 3 is 2.69 bits per heavy atom. The zero-order chi connectivity index (χ0) is 12.1. The van der Waals surface area contributed by atoms with Gasteiger partial charge in [-0.2, -0.15) is 4.99 Å². The van der Waals surface area contributed by atoms with Crippen molar-refractivity contribution >= 4 is 18.0 Å². The number of carbonyl (C=O) groups is 2. The number of aliphatic imine (C=N–C) groups is 1. The number of nitrogens with zero attached hydrogens (tertiary/aromatic N) is 1. The Morgan fingerprint density at radius 2 is 2.12 bits per heavy atom. The lowest BCUT2D eigenvalue weighted by molar-refractivity contribution is 0.100. The summed E-state index contributed by atoms with van der Waals surface area (Å²) in [5, 5.41) is 0. The molecule has 0 saturated carbocycles. The Morgan fingerprint density at radius 1 is 1.44 bits per heavy atom. The Kier molecular flexibility index (Phi) is 3.94. The van der Waals surface area contributed by atoms with Crippen LogP contribution in [0.2, 0.25) is 0 Å². The lowest BCUT2D eigenvalue weighted by Gasteiger charge is -2.03. The van der Waals surface area contributed by atoms with Crippen molar-refractivity contribution in [2.24, 2.45) is 16.6 Å². The van der Waals surface area contributed by atoms with Gasteiger partial charge in [-0.25, -0.2) is 0 Å². The number of carbonyl (C=O) groups excluding carboxylic acids is 2. The van der Waals surface area contributed by atoms with Crippen LogP contribution in [0.4, 0.5) is 0 Å². The Bertz CT molecular complexity index is 436. The largest absolute Gasteiger partial charge is 0.387 e. The van der Waals surface area contributed by atoms with Gasteiger partial charge in [0.1, 0.15) is 12.1 Å². The monoisotopic (exact) mass is 218 g/mol. The fourth-order valence-electron chi connectivity index (χ4n) is 1.06. The van der Waals surface area contributed by atoms with Crippen LogP contribution in [0.1, 0.15) is 34.6 Å². The van der Waals surface area contributed by atoms with Gasteiger partial charge in [0.25, 0.3) is 5.91 Å². The molecule has 0 aromatic heterocycles. The maximum atomic E-state index is 11.6. The van der Waals surface area contributed by atoms with Crippen LogP contribution in [-0.4, -0.2) is 18.0 Å². The SMILES string of the molecule is CC(C)C(N)=NC(=O)c1cccc(C=O)c1. The number of benzene rings is 1. The van der Waals surface area contributed by atoms with Crippen LogP contribution in [-0.2, 0) is 0 Å². The number of hydrogen-bond acceptors (Lipinski definition) is 2. The second-order valence-corrected chi connectivity index (χ2v) is 3.74. The van der Waals surface area contributed by atoms with E-state index in [0.29, 0.717) is 23.2 Å². The van der Waals surface area contributed by atoms with E-state index in [1.165, 1.54) is 6.07 Å². The molecule has 0 fully saturated rings. The lowest BCUT2D eigenvalue weighted by atomic mass is 10.1. The van der Waals surface area contributed by atoms with E-state index in [1.807, 2.05) is 13.8 Å². The molecule has 1 aromatic carbocycles. The smallest absolute Gasteiger partial charge is 0.278 e. The van der Waals surface area contributed by atoms with Gasteiger partial charge in [-0.1, -0.05) is 26.0 Å². The third-order valence-electron chi connectivity index (χ3n) is 2.09. The molecule has 0 unspecified atom stereocenters. The van der Waals surface area contributed by atoms with Crippen molar-refractivity contribution in [2.75, 3.05) is 0 Å². The Labute approximate surface area is 94.2 Å². The summed E-state index contributed by atoms with van der Waals surface area (Å²) in [5.74, 6) is -0.102. The minimum absolute atomic E-state index is 0.0261. The molecule has 4 nitrogen and oxygen atoms in total. The summed E-state index contributed by atoms with van der Waals surface area (Å²) in [6.07, 6.45) is 0.687. The molecule has 0 aliphatic heterocycles. The van der Waals surface area contributed by atoms with Crippen LogP contribution >= 0.6 is 0 Å². The molecule has 16 heavy (non-hydrogen) atoms. The molecule has 0 aliphatic rings. The number of amidine groups is 1. The van der Waals surface area contributed by atoms with Crippen LogP contribution in [0.15, 0.2) is 29.3 Å². The molecule has 84 valence electrons. The highest BCUT2D eigenvalue weighted by atomic mass is 16.1. The molecule has 0 atom stereocenters. The van der Waals surface area contributed by atoms with Gasteiger partial charge in [0.05, 0.1) is 0 Å². The molecule has 0 radical (unpaired) electrons. The first-order valence-corrected chi connectivity index (χ1v) is 4.98. The zero-order valence-electron chi connectivity index (χ0n) is 9.31. The van der Waals surface area contributed by atoms with Gasteiger partial charge < -0.3 is 5.73 Å². The lowest BCUT2D eigenvalue weighted by Crippen LogP contribution is -2.20. The highest BCUT2D eigenvalue weighted by molar-refractivity contribution is 6.03. The molecule has 1 amide bonds. The molecule has 4 heteroatoms. The molecule has 0 heterocycles. The van der Waals surface area contributed by atoms with E-state index in [4.69, 9.17) is 5.73 Å². The van der Waals surface area contributed by atoms with Crippen molar-refractivity contribution in [3.63, 3.8) is 0 Å². The van der Waals surface area contributed by atoms with Crippen LogP contribution in [0, 0.1) is 5.92 Å². The van der Waals surface area contributed by atoms with Gasteiger partial charge in [-0.3, -0.25) is 9.59 Å². The summed E-state index contributed by atoms with van der Waals surface area (Å²) in [4.78, 5) is 25.9. The van der Waals surface area contributed by atoms with Crippen molar-refractivity contribution < 1.29 is 9.59 Å². The van der Waals surface area contributed by atoms with Gasteiger partial charge >= 0.3 is 0 Å². The van der Waals surface area contributed by atoms with E-state index in [-0.39, 0.29) is 5.92 Å². The zero-order valence-corrected chi connectivity index (χ0v) is 9.31. The Hall–Kier alpha value is -1.97. The first-order chi connectivity index (χ1) is 7.54. The number of aldehydes is 1. The fourth-order valence-corrected chi connectivity index (χ4v) is 1.06. The predicted octanol–water partition coefficient (Wildman–Crippen LogP) is 1.65. The standard InChI is InChI=1S/C12H14N2O2/c1-8(2)11(13)14-12(16)10-5-3-4-9(6-10)7-15/h3-8H,1-2H3,(H2,13,14,16). The molecular formula is C12H14N2O2. The Balaban J connectivity index is 2.97. The number of hydrogen-bond donors (Lipinski definition) is 1. The molecule has 2 N–H and O–H groups in total. The highest BCUT2D eigenvalue weighted by Crippen LogP contribution is 2.05. The van der Waals surface area contributed by atoms with E-state index in [9.17, 15) is 9.59 Å². The first kappa shape index (κ1) is 12.1. The van der Waals surface area contributed by atoms with Gasteiger partial charge in [0, 0.05) is 17.0 Å². The van der Waals surface area contributed by atoms with Crippen molar-refractivity contribution in [2.45, 2.75) is 13.8 Å². The van der Waals surface area contributed by atoms with E-state index in [0.717, 1.165) is 0 Å². The summed E-state index contributed by atoms with van der Waals surface area (Å²) < 4.78 is 0. The van der Waals surface area contributed by atoms with E-state index in [2.05, 4.69) is 4.99 Å². The average molecular weight is 218 g/mol. The van der Waals surface area contributed by atoms with Crippen molar-refractivity contribution in [1.29, 1.82) is 0 Å². The predicted molar refractivity (Wildman–Crippen MR) is 62.6 cm³/mol.